The Morgan fingerprint density at radius 2 is 1.78 bits per heavy atom. The van der Waals surface area contributed by atoms with Crippen LogP contribution >= 0.6 is 0 Å². The third-order valence-electron chi connectivity index (χ3n) is 6.24. The van der Waals surface area contributed by atoms with Crippen LogP contribution in [-0.4, -0.2) is 39.4 Å². The van der Waals surface area contributed by atoms with Crippen molar-refractivity contribution in [3.05, 3.63) is 52.3 Å². The maximum atomic E-state index is 13.5. The number of aromatic nitrogens is 1. The number of nitrogens with zero attached hydrogens (tertiary/aromatic N) is 2. The fourth-order valence-electron chi connectivity index (χ4n) is 4.49. The molecule has 0 radical (unpaired) electrons. The van der Waals surface area contributed by atoms with Crippen LogP contribution in [-0.2, 0) is 11.8 Å². The van der Waals surface area contributed by atoms with E-state index in [4.69, 9.17) is 5.73 Å². The molecule has 0 saturated heterocycles. The highest BCUT2D eigenvalue weighted by Gasteiger charge is 2.36. The summed E-state index contributed by atoms with van der Waals surface area (Å²) in [6.45, 7) is 3.17. The van der Waals surface area contributed by atoms with Gasteiger partial charge in [0.2, 0.25) is 0 Å². The van der Waals surface area contributed by atoms with E-state index in [1.54, 1.807) is 20.9 Å². The van der Waals surface area contributed by atoms with Crippen molar-refractivity contribution in [1.29, 1.82) is 0 Å². The monoisotopic (exact) mass is 447 g/mol. The molecule has 1 aliphatic rings. The number of hydrogen-bond donors (Lipinski definition) is 2. The fourth-order valence-corrected chi connectivity index (χ4v) is 4.49. The average molecular weight is 447 g/mol. The van der Waals surface area contributed by atoms with Gasteiger partial charge in [0.1, 0.15) is 0 Å². The lowest BCUT2D eigenvalue weighted by Crippen LogP contribution is -2.47. The first-order valence-corrected chi connectivity index (χ1v) is 10.4. The van der Waals surface area contributed by atoms with Gasteiger partial charge in [-0.25, -0.2) is 8.78 Å². The van der Waals surface area contributed by atoms with Gasteiger partial charge in [0, 0.05) is 30.0 Å². The SMILES string of the molecule is Cc1c(C(N)=O)c(C)n(C)c1C(=O)C(=O)N(c1cccc(C(F)F)c1)C1CCC(O)CC1. The molecule has 1 aromatic heterocycles. The van der Waals surface area contributed by atoms with Gasteiger partial charge in [0.15, 0.2) is 0 Å². The smallest absolute Gasteiger partial charge is 0.301 e. The second kappa shape index (κ2) is 9.20. The highest BCUT2D eigenvalue weighted by Crippen LogP contribution is 2.32. The lowest BCUT2D eigenvalue weighted by atomic mass is 9.91. The molecule has 2 aromatic rings. The maximum Gasteiger partial charge on any atom is 0.301 e. The summed E-state index contributed by atoms with van der Waals surface area (Å²) in [5.41, 5.74) is 6.35. The van der Waals surface area contributed by atoms with Gasteiger partial charge >= 0.3 is 5.91 Å². The number of ketones is 1. The Labute approximate surface area is 184 Å². The summed E-state index contributed by atoms with van der Waals surface area (Å²) < 4.78 is 28.1. The first-order valence-electron chi connectivity index (χ1n) is 10.4. The number of benzene rings is 1. The number of anilines is 1. The summed E-state index contributed by atoms with van der Waals surface area (Å²) in [4.78, 5) is 39.9. The van der Waals surface area contributed by atoms with Crippen molar-refractivity contribution in [2.24, 2.45) is 12.8 Å². The largest absolute Gasteiger partial charge is 0.393 e. The minimum atomic E-state index is -2.73. The van der Waals surface area contributed by atoms with Crippen molar-refractivity contribution in [3.63, 3.8) is 0 Å². The van der Waals surface area contributed by atoms with E-state index in [2.05, 4.69) is 0 Å². The molecule has 0 atom stereocenters. The van der Waals surface area contributed by atoms with E-state index < -0.39 is 36.2 Å². The molecule has 1 fully saturated rings. The van der Waals surface area contributed by atoms with Gasteiger partial charge in [-0.15, -0.1) is 0 Å². The first kappa shape index (κ1) is 23.6. The van der Waals surface area contributed by atoms with Crippen LogP contribution in [0.15, 0.2) is 24.3 Å². The lowest BCUT2D eigenvalue weighted by Gasteiger charge is -2.35. The lowest BCUT2D eigenvalue weighted by molar-refractivity contribution is -0.115. The molecule has 0 unspecified atom stereocenters. The molecule has 1 saturated carbocycles. The van der Waals surface area contributed by atoms with Crippen LogP contribution in [0.3, 0.4) is 0 Å². The Bertz CT molecular complexity index is 1060. The molecule has 2 amide bonds. The van der Waals surface area contributed by atoms with E-state index in [9.17, 15) is 28.3 Å². The minimum Gasteiger partial charge on any atom is -0.393 e. The number of Topliss-reactive ketones (excluding diaryl/α,β-unsaturated/α-hetero) is 1. The molecule has 0 spiro atoms. The van der Waals surface area contributed by atoms with Crippen molar-refractivity contribution in [3.8, 4) is 0 Å². The van der Waals surface area contributed by atoms with Crippen molar-refractivity contribution in [2.45, 2.75) is 58.1 Å². The Morgan fingerprint density at radius 3 is 2.31 bits per heavy atom. The molecule has 1 aliphatic carbocycles. The van der Waals surface area contributed by atoms with Crippen molar-refractivity contribution in [1.82, 2.24) is 4.57 Å². The number of aliphatic hydroxyl groups is 1. The number of hydrogen-bond acceptors (Lipinski definition) is 4. The van der Waals surface area contributed by atoms with Gasteiger partial charge in [-0.1, -0.05) is 12.1 Å². The second-order valence-electron chi connectivity index (χ2n) is 8.22. The van der Waals surface area contributed by atoms with Crippen LogP contribution in [0.4, 0.5) is 14.5 Å². The molecular weight excluding hydrogens is 420 g/mol. The van der Waals surface area contributed by atoms with Gasteiger partial charge in [-0.05, 0) is 57.2 Å². The molecular formula is C23H27F2N3O4. The Hall–Kier alpha value is -3.07. The normalized spacial score (nSPS) is 18.6. The summed E-state index contributed by atoms with van der Waals surface area (Å²) in [6.07, 6.45) is -1.50. The number of aliphatic hydroxyl groups excluding tert-OH is 1. The second-order valence-corrected chi connectivity index (χ2v) is 8.22. The van der Waals surface area contributed by atoms with Gasteiger partial charge < -0.3 is 20.3 Å². The number of alkyl halides is 2. The molecule has 0 aliphatic heterocycles. The summed E-state index contributed by atoms with van der Waals surface area (Å²) >= 11 is 0. The highest BCUT2D eigenvalue weighted by molar-refractivity contribution is 6.47. The number of halogens is 2. The first-order chi connectivity index (χ1) is 15.0. The predicted octanol–water partition coefficient (Wildman–Crippen LogP) is 3.20. The molecule has 9 heteroatoms. The molecule has 3 N–H and O–H groups in total. The maximum absolute atomic E-state index is 13.5. The number of rotatable bonds is 6. The number of nitrogens with two attached hydrogens (primary N) is 1. The van der Waals surface area contributed by atoms with Crippen molar-refractivity contribution < 1.29 is 28.3 Å². The average Bonchev–Trinajstić information content (AvgIpc) is 2.97. The van der Waals surface area contributed by atoms with Crippen LogP contribution in [0.25, 0.3) is 0 Å². The Balaban J connectivity index is 2.07. The van der Waals surface area contributed by atoms with Crippen molar-refractivity contribution >= 4 is 23.3 Å². The highest BCUT2D eigenvalue weighted by atomic mass is 19.3. The van der Waals surface area contributed by atoms with E-state index in [-0.39, 0.29) is 22.5 Å². The Kier molecular flexibility index (Phi) is 6.78. The molecule has 3 rings (SSSR count). The zero-order valence-electron chi connectivity index (χ0n) is 18.3. The quantitative estimate of drug-likeness (QED) is 0.524. The summed E-state index contributed by atoms with van der Waals surface area (Å²) in [5, 5.41) is 9.86. The fraction of sp³-hybridized carbons (Fsp3) is 0.435. The number of primary amides is 1. The van der Waals surface area contributed by atoms with E-state index in [1.807, 2.05) is 0 Å². The van der Waals surface area contributed by atoms with E-state index >= 15 is 0 Å². The van der Waals surface area contributed by atoms with E-state index in [1.165, 1.54) is 33.7 Å². The zero-order chi connectivity index (χ0) is 23.7. The van der Waals surface area contributed by atoms with Gasteiger partial charge in [0.25, 0.3) is 18.1 Å². The van der Waals surface area contributed by atoms with E-state index in [0.717, 1.165) is 0 Å². The van der Waals surface area contributed by atoms with Crippen LogP contribution in [0.1, 0.15) is 69.8 Å². The molecule has 32 heavy (non-hydrogen) atoms. The summed E-state index contributed by atoms with van der Waals surface area (Å²) in [6, 6.07) is 4.97. The molecule has 0 bridgehead atoms. The number of carbonyl (C=O) groups is 3. The van der Waals surface area contributed by atoms with Crippen LogP contribution in [0.5, 0.6) is 0 Å². The van der Waals surface area contributed by atoms with Gasteiger partial charge in [0.05, 0.1) is 17.4 Å². The van der Waals surface area contributed by atoms with Crippen LogP contribution < -0.4 is 10.6 Å². The van der Waals surface area contributed by atoms with Crippen molar-refractivity contribution in [2.75, 3.05) is 4.90 Å². The van der Waals surface area contributed by atoms with Crippen LogP contribution in [0.2, 0.25) is 0 Å². The molecule has 1 aromatic carbocycles. The standard InChI is InChI=1S/C23H27F2N3O4/c1-12-18(22(26)31)13(2)27(3)19(12)20(30)23(32)28(15-7-9-17(29)10-8-15)16-6-4-5-14(11-16)21(24)25/h4-6,11,15,17,21,29H,7-10H2,1-3H3,(H2,26,31). The van der Waals surface area contributed by atoms with Gasteiger partial charge in [-0.3, -0.25) is 14.4 Å². The molecule has 172 valence electrons. The zero-order valence-corrected chi connectivity index (χ0v) is 18.3. The third-order valence-corrected chi connectivity index (χ3v) is 6.24. The summed E-state index contributed by atoms with van der Waals surface area (Å²) in [5.74, 6) is -2.43. The van der Waals surface area contributed by atoms with E-state index in [0.29, 0.717) is 36.9 Å². The topological polar surface area (TPSA) is 106 Å². The van der Waals surface area contributed by atoms with Gasteiger partial charge in [-0.2, -0.15) is 0 Å². The van der Waals surface area contributed by atoms with Crippen LogP contribution in [0, 0.1) is 13.8 Å². The molecule has 7 nitrogen and oxygen atoms in total. The number of carbonyl (C=O) groups excluding carboxylic acids is 3. The minimum absolute atomic E-state index is 0.0344. The summed E-state index contributed by atoms with van der Waals surface area (Å²) in [7, 11) is 1.56. The number of amides is 2. The Morgan fingerprint density at radius 1 is 1.16 bits per heavy atom. The third kappa shape index (κ3) is 4.29. The predicted molar refractivity (Wildman–Crippen MR) is 115 cm³/mol. The molecule has 1 heterocycles.